The van der Waals surface area contributed by atoms with E-state index in [1.807, 2.05) is 31.4 Å². The zero-order chi connectivity index (χ0) is 20.9. The maximum absolute atomic E-state index is 5.50. The van der Waals surface area contributed by atoms with Crippen molar-refractivity contribution in [3.63, 3.8) is 0 Å². The van der Waals surface area contributed by atoms with Crippen LogP contribution in [-0.2, 0) is 6.54 Å². The molecule has 30 heavy (non-hydrogen) atoms. The zero-order valence-corrected chi connectivity index (χ0v) is 17.3. The number of pyridine rings is 2. The van der Waals surface area contributed by atoms with Crippen LogP contribution in [0.5, 0.6) is 0 Å². The Balaban J connectivity index is 1.88. The summed E-state index contributed by atoms with van der Waals surface area (Å²) in [4.78, 5) is 4.71. The standard InChI is InChI=1S/C27H24N3/c1-4-5-17-30-18-16-21-10-6-7-11-22(21)27(30)15-14-26-24-13-9-8-12-23(24)25(19-29-26)20(2)28-3/h1,6-13,16,18-20,28H,5,17H2,2-3H3/q+1. The highest BCUT2D eigenvalue weighted by Crippen LogP contribution is 2.25. The Bertz CT molecular complexity index is 1320. The average Bonchev–Trinajstić information content (AvgIpc) is 2.80. The summed E-state index contributed by atoms with van der Waals surface area (Å²) in [5, 5.41) is 7.83. The van der Waals surface area contributed by atoms with E-state index in [1.165, 1.54) is 10.9 Å². The number of nitrogens with one attached hydrogen (secondary N) is 1. The molecule has 1 atom stereocenters. The summed E-state index contributed by atoms with van der Waals surface area (Å²) in [5.41, 5.74) is 2.92. The molecule has 2 heterocycles. The highest BCUT2D eigenvalue weighted by Gasteiger charge is 2.14. The molecule has 0 saturated carbocycles. The second-order valence-electron chi connectivity index (χ2n) is 7.27. The van der Waals surface area contributed by atoms with Crippen LogP contribution in [0.1, 0.15) is 36.3 Å². The number of hydrogen-bond donors (Lipinski definition) is 1. The fraction of sp³-hybridized carbons (Fsp3) is 0.185. The SMILES string of the molecule is C#CCC[n+]1ccc2ccccc2c1C#Cc1ncc(C(C)NC)c2ccccc12. The van der Waals surface area contributed by atoms with Gasteiger partial charge >= 0.3 is 0 Å². The minimum Gasteiger partial charge on any atom is -0.313 e. The third-order valence-corrected chi connectivity index (χ3v) is 5.46. The van der Waals surface area contributed by atoms with Gasteiger partial charge in [-0.05, 0) is 42.3 Å². The van der Waals surface area contributed by atoms with Gasteiger partial charge in [-0.3, -0.25) is 0 Å². The van der Waals surface area contributed by atoms with E-state index >= 15 is 0 Å². The van der Waals surface area contributed by atoms with Crippen molar-refractivity contribution >= 4 is 21.5 Å². The van der Waals surface area contributed by atoms with Gasteiger partial charge in [0.05, 0.1) is 11.8 Å². The van der Waals surface area contributed by atoms with Gasteiger partial charge in [0.2, 0.25) is 0 Å². The summed E-state index contributed by atoms with van der Waals surface area (Å²) in [5.74, 6) is 9.47. The van der Waals surface area contributed by atoms with Crippen LogP contribution >= 0.6 is 0 Å². The first-order chi connectivity index (χ1) is 14.7. The molecule has 0 fully saturated rings. The molecular formula is C27H24N3+. The summed E-state index contributed by atoms with van der Waals surface area (Å²) in [6.45, 7) is 2.87. The van der Waals surface area contributed by atoms with Gasteiger partial charge in [-0.15, -0.1) is 12.3 Å². The Morgan fingerprint density at radius 2 is 1.73 bits per heavy atom. The van der Waals surface area contributed by atoms with E-state index in [0.717, 1.165) is 34.1 Å². The lowest BCUT2D eigenvalue weighted by Gasteiger charge is -2.13. The van der Waals surface area contributed by atoms with Crippen molar-refractivity contribution in [3.8, 4) is 24.2 Å². The summed E-state index contributed by atoms with van der Waals surface area (Å²) in [6, 6.07) is 18.9. The number of hydrogen-bond acceptors (Lipinski definition) is 2. The van der Waals surface area contributed by atoms with E-state index < -0.39 is 0 Å². The molecule has 0 spiro atoms. The largest absolute Gasteiger partial charge is 0.313 e. The fourth-order valence-corrected chi connectivity index (χ4v) is 3.70. The molecule has 2 aromatic carbocycles. The first kappa shape index (κ1) is 19.6. The van der Waals surface area contributed by atoms with Gasteiger partial charge in [0.15, 0.2) is 12.7 Å². The molecule has 146 valence electrons. The number of terminal acetylenes is 1. The minimum atomic E-state index is 0.216. The highest BCUT2D eigenvalue weighted by molar-refractivity contribution is 5.90. The van der Waals surface area contributed by atoms with Crippen molar-refractivity contribution in [2.24, 2.45) is 0 Å². The monoisotopic (exact) mass is 390 g/mol. The zero-order valence-electron chi connectivity index (χ0n) is 17.3. The maximum atomic E-state index is 5.50. The van der Waals surface area contributed by atoms with Crippen LogP contribution in [0.4, 0.5) is 0 Å². The van der Waals surface area contributed by atoms with Crippen molar-refractivity contribution < 1.29 is 4.57 Å². The van der Waals surface area contributed by atoms with Crippen molar-refractivity contribution in [3.05, 3.63) is 83.9 Å². The summed E-state index contributed by atoms with van der Waals surface area (Å²) < 4.78 is 2.13. The van der Waals surface area contributed by atoms with E-state index in [0.29, 0.717) is 6.42 Å². The number of aromatic nitrogens is 2. The summed E-state index contributed by atoms with van der Waals surface area (Å²) >= 11 is 0. The molecule has 4 rings (SSSR count). The maximum Gasteiger partial charge on any atom is 0.265 e. The first-order valence-corrected chi connectivity index (χ1v) is 10.1. The molecule has 0 aliphatic heterocycles. The number of aryl methyl sites for hydroxylation is 1. The molecule has 0 saturated heterocycles. The lowest BCUT2D eigenvalue weighted by Crippen LogP contribution is -2.37. The van der Waals surface area contributed by atoms with Crippen molar-refractivity contribution in [1.82, 2.24) is 10.3 Å². The van der Waals surface area contributed by atoms with Gasteiger partial charge in [-0.2, -0.15) is 4.57 Å². The van der Waals surface area contributed by atoms with E-state index in [4.69, 9.17) is 11.4 Å². The van der Waals surface area contributed by atoms with Crippen molar-refractivity contribution in [2.75, 3.05) is 7.05 Å². The molecule has 1 unspecified atom stereocenters. The van der Waals surface area contributed by atoms with Crippen LogP contribution in [0.25, 0.3) is 21.5 Å². The van der Waals surface area contributed by atoms with Crippen LogP contribution in [0, 0.1) is 24.2 Å². The number of benzene rings is 2. The molecule has 2 aromatic heterocycles. The van der Waals surface area contributed by atoms with Gasteiger partial charge in [0, 0.05) is 29.6 Å². The van der Waals surface area contributed by atoms with Gasteiger partial charge < -0.3 is 5.32 Å². The Kier molecular flexibility index (Phi) is 5.75. The van der Waals surface area contributed by atoms with Crippen molar-refractivity contribution in [2.45, 2.75) is 25.9 Å². The number of rotatable bonds is 4. The second kappa shape index (κ2) is 8.78. The first-order valence-electron chi connectivity index (χ1n) is 10.1. The molecule has 0 amide bonds. The Morgan fingerprint density at radius 1 is 1.00 bits per heavy atom. The second-order valence-corrected chi connectivity index (χ2v) is 7.27. The van der Waals surface area contributed by atoms with Crippen LogP contribution in [0.15, 0.2) is 67.0 Å². The molecule has 0 aliphatic rings. The number of nitrogens with zero attached hydrogens (tertiary/aromatic N) is 2. The van der Waals surface area contributed by atoms with Gasteiger partial charge in [-0.1, -0.05) is 42.5 Å². The summed E-state index contributed by atoms with van der Waals surface area (Å²) in [6.07, 6.45) is 10.2. The van der Waals surface area contributed by atoms with Crippen LogP contribution < -0.4 is 9.88 Å². The average molecular weight is 391 g/mol. The highest BCUT2D eigenvalue weighted by atomic mass is 14.9. The Hall–Kier alpha value is -3.66. The van der Waals surface area contributed by atoms with E-state index in [1.54, 1.807) is 0 Å². The molecular weight excluding hydrogens is 366 g/mol. The van der Waals surface area contributed by atoms with Gasteiger partial charge in [0.1, 0.15) is 5.69 Å². The molecule has 3 heteroatoms. The fourth-order valence-electron chi connectivity index (χ4n) is 3.70. The van der Waals surface area contributed by atoms with Gasteiger partial charge in [-0.25, -0.2) is 4.98 Å². The Morgan fingerprint density at radius 3 is 2.50 bits per heavy atom. The topological polar surface area (TPSA) is 28.8 Å². The lowest BCUT2D eigenvalue weighted by molar-refractivity contribution is -0.696. The van der Waals surface area contributed by atoms with Gasteiger partial charge in [0.25, 0.3) is 5.69 Å². The molecule has 0 aliphatic carbocycles. The van der Waals surface area contributed by atoms with Crippen LogP contribution in [0.2, 0.25) is 0 Å². The number of fused-ring (bicyclic) bond motifs is 2. The molecule has 4 aromatic rings. The predicted molar refractivity (Wildman–Crippen MR) is 123 cm³/mol. The van der Waals surface area contributed by atoms with Crippen molar-refractivity contribution in [1.29, 1.82) is 0 Å². The minimum absolute atomic E-state index is 0.216. The molecule has 3 nitrogen and oxygen atoms in total. The molecule has 1 N–H and O–H groups in total. The quantitative estimate of drug-likeness (QED) is 0.414. The Labute approximate surface area is 177 Å². The van der Waals surface area contributed by atoms with E-state index in [9.17, 15) is 0 Å². The smallest absolute Gasteiger partial charge is 0.265 e. The predicted octanol–water partition coefficient (Wildman–Crippen LogP) is 4.38. The normalized spacial score (nSPS) is 11.6. The third-order valence-electron chi connectivity index (χ3n) is 5.46. The molecule has 0 radical (unpaired) electrons. The molecule has 0 bridgehead atoms. The summed E-state index contributed by atoms with van der Waals surface area (Å²) in [7, 11) is 1.96. The van der Waals surface area contributed by atoms with E-state index in [-0.39, 0.29) is 6.04 Å². The third kappa shape index (κ3) is 3.77. The van der Waals surface area contributed by atoms with Crippen LogP contribution in [-0.4, -0.2) is 12.0 Å². The van der Waals surface area contributed by atoms with E-state index in [2.05, 4.69) is 77.2 Å². The van der Waals surface area contributed by atoms with Crippen LogP contribution in [0.3, 0.4) is 0 Å². The lowest BCUT2D eigenvalue weighted by atomic mass is 10.0.